The van der Waals surface area contributed by atoms with Crippen molar-refractivity contribution < 1.29 is 4.42 Å². The zero-order valence-electron chi connectivity index (χ0n) is 11.7. The minimum absolute atomic E-state index is 0.0718. The molecule has 1 aromatic carbocycles. The normalized spacial score (nSPS) is 11.8. The van der Waals surface area contributed by atoms with Gasteiger partial charge < -0.3 is 9.73 Å². The Labute approximate surface area is 128 Å². The molecule has 0 atom stereocenters. The number of hydrogen-bond donors (Lipinski definition) is 1. The topological polar surface area (TPSA) is 51.0 Å². The molecule has 0 unspecified atom stereocenters. The van der Waals surface area contributed by atoms with Gasteiger partial charge in [-0.2, -0.15) is 0 Å². The third-order valence-corrected chi connectivity index (χ3v) is 3.17. The molecule has 6 heteroatoms. The first-order chi connectivity index (χ1) is 9.35. The third kappa shape index (κ3) is 4.20. The Bertz CT molecular complexity index is 590. The zero-order chi connectivity index (χ0) is 14.8. The molecule has 0 aliphatic carbocycles. The number of rotatable bonds is 4. The molecule has 0 saturated heterocycles. The lowest BCUT2D eigenvalue weighted by molar-refractivity contribution is 0.412. The first-order valence-electron chi connectivity index (χ1n) is 6.38. The Kier molecular flexibility index (Phi) is 4.68. The SMILES string of the molecule is CC(C)(C)NCCc1nnc(-c2ccc(Cl)cc2Cl)o1. The molecule has 0 spiro atoms. The molecule has 0 aliphatic rings. The Hall–Kier alpha value is -1.10. The van der Waals surface area contributed by atoms with Crippen LogP contribution in [0.3, 0.4) is 0 Å². The molecule has 108 valence electrons. The van der Waals surface area contributed by atoms with Crippen LogP contribution in [0, 0.1) is 0 Å². The van der Waals surface area contributed by atoms with E-state index in [9.17, 15) is 0 Å². The highest BCUT2D eigenvalue weighted by Crippen LogP contribution is 2.29. The molecule has 2 aromatic rings. The highest BCUT2D eigenvalue weighted by Gasteiger charge is 2.13. The van der Waals surface area contributed by atoms with Crippen molar-refractivity contribution in [2.75, 3.05) is 6.54 Å². The van der Waals surface area contributed by atoms with Gasteiger partial charge in [0.25, 0.3) is 0 Å². The number of hydrogen-bond acceptors (Lipinski definition) is 4. The molecule has 0 aliphatic heterocycles. The van der Waals surface area contributed by atoms with Crippen LogP contribution in [0.1, 0.15) is 26.7 Å². The zero-order valence-corrected chi connectivity index (χ0v) is 13.2. The van der Waals surface area contributed by atoms with Crippen molar-refractivity contribution in [2.45, 2.75) is 32.7 Å². The second kappa shape index (κ2) is 6.12. The van der Waals surface area contributed by atoms with Crippen LogP contribution in [0.5, 0.6) is 0 Å². The van der Waals surface area contributed by atoms with Gasteiger partial charge in [0.2, 0.25) is 11.8 Å². The summed E-state index contributed by atoms with van der Waals surface area (Å²) in [5.74, 6) is 1.00. The van der Waals surface area contributed by atoms with E-state index in [0.717, 1.165) is 6.54 Å². The third-order valence-electron chi connectivity index (χ3n) is 2.62. The molecule has 0 radical (unpaired) electrons. The van der Waals surface area contributed by atoms with Crippen LogP contribution >= 0.6 is 23.2 Å². The van der Waals surface area contributed by atoms with Gasteiger partial charge >= 0.3 is 0 Å². The smallest absolute Gasteiger partial charge is 0.249 e. The molecule has 0 bridgehead atoms. The standard InChI is InChI=1S/C14H17Cl2N3O/c1-14(2,3)17-7-6-12-18-19-13(20-12)10-5-4-9(15)8-11(10)16/h4-5,8,17H,6-7H2,1-3H3. The Morgan fingerprint density at radius 3 is 2.60 bits per heavy atom. The molecular weight excluding hydrogens is 297 g/mol. The van der Waals surface area contributed by atoms with Gasteiger partial charge in [0.1, 0.15) is 0 Å². The van der Waals surface area contributed by atoms with Gasteiger partial charge in [-0.05, 0) is 39.0 Å². The van der Waals surface area contributed by atoms with Gasteiger partial charge in [-0.25, -0.2) is 0 Å². The number of halogens is 2. The van der Waals surface area contributed by atoms with E-state index < -0.39 is 0 Å². The first kappa shape index (κ1) is 15.3. The fourth-order valence-corrected chi connectivity index (χ4v) is 2.16. The number of nitrogens with zero attached hydrogens (tertiary/aromatic N) is 2. The van der Waals surface area contributed by atoms with E-state index in [1.54, 1.807) is 18.2 Å². The summed E-state index contributed by atoms with van der Waals surface area (Å²) >= 11 is 12.0. The lowest BCUT2D eigenvalue weighted by Crippen LogP contribution is -2.37. The predicted octanol–water partition coefficient (Wildman–Crippen LogP) is 3.97. The van der Waals surface area contributed by atoms with E-state index in [4.69, 9.17) is 27.6 Å². The van der Waals surface area contributed by atoms with E-state index in [1.165, 1.54) is 0 Å². The van der Waals surface area contributed by atoms with Crippen LogP contribution in [0.25, 0.3) is 11.5 Å². The van der Waals surface area contributed by atoms with Crippen LogP contribution in [0.2, 0.25) is 10.0 Å². The predicted molar refractivity (Wildman–Crippen MR) is 81.2 cm³/mol. The van der Waals surface area contributed by atoms with E-state index in [2.05, 4.69) is 36.3 Å². The minimum atomic E-state index is 0.0718. The van der Waals surface area contributed by atoms with Gasteiger partial charge in [0.15, 0.2) is 0 Å². The van der Waals surface area contributed by atoms with Crippen LogP contribution < -0.4 is 5.32 Å². The second-order valence-corrected chi connectivity index (χ2v) is 6.40. The summed E-state index contributed by atoms with van der Waals surface area (Å²) < 4.78 is 5.62. The molecule has 2 rings (SSSR count). The average Bonchev–Trinajstić information content (AvgIpc) is 2.75. The maximum Gasteiger partial charge on any atom is 0.249 e. The maximum absolute atomic E-state index is 6.11. The van der Waals surface area contributed by atoms with E-state index in [0.29, 0.717) is 33.8 Å². The molecule has 1 heterocycles. The summed E-state index contributed by atoms with van der Waals surface area (Å²) in [5, 5.41) is 12.5. The van der Waals surface area contributed by atoms with Crippen LogP contribution in [-0.4, -0.2) is 22.3 Å². The van der Waals surface area contributed by atoms with E-state index in [1.807, 2.05) is 0 Å². The summed E-state index contributed by atoms with van der Waals surface area (Å²) in [6.07, 6.45) is 0.676. The molecular formula is C14H17Cl2N3O. The van der Waals surface area contributed by atoms with Crippen molar-refractivity contribution in [1.29, 1.82) is 0 Å². The van der Waals surface area contributed by atoms with E-state index in [-0.39, 0.29) is 5.54 Å². The van der Waals surface area contributed by atoms with Gasteiger partial charge in [-0.3, -0.25) is 0 Å². The molecule has 1 aromatic heterocycles. The number of aromatic nitrogens is 2. The lowest BCUT2D eigenvalue weighted by Gasteiger charge is -2.19. The lowest BCUT2D eigenvalue weighted by atomic mass is 10.1. The monoisotopic (exact) mass is 313 g/mol. The van der Waals surface area contributed by atoms with Crippen molar-refractivity contribution >= 4 is 23.2 Å². The molecule has 0 fully saturated rings. The van der Waals surface area contributed by atoms with Crippen LogP contribution in [-0.2, 0) is 6.42 Å². The Morgan fingerprint density at radius 2 is 1.95 bits per heavy atom. The maximum atomic E-state index is 6.11. The largest absolute Gasteiger partial charge is 0.421 e. The van der Waals surface area contributed by atoms with Crippen molar-refractivity contribution in [2.24, 2.45) is 0 Å². The summed E-state index contributed by atoms with van der Waals surface area (Å²) in [5.41, 5.74) is 0.765. The van der Waals surface area contributed by atoms with Gasteiger partial charge in [-0.1, -0.05) is 23.2 Å². The number of benzene rings is 1. The summed E-state index contributed by atoms with van der Waals surface area (Å²) in [7, 11) is 0. The first-order valence-corrected chi connectivity index (χ1v) is 7.13. The molecule has 0 saturated carbocycles. The van der Waals surface area contributed by atoms with E-state index >= 15 is 0 Å². The Morgan fingerprint density at radius 1 is 1.20 bits per heavy atom. The molecule has 20 heavy (non-hydrogen) atoms. The highest BCUT2D eigenvalue weighted by atomic mass is 35.5. The highest BCUT2D eigenvalue weighted by molar-refractivity contribution is 6.36. The van der Waals surface area contributed by atoms with Crippen molar-refractivity contribution in [1.82, 2.24) is 15.5 Å². The van der Waals surface area contributed by atoms with Gasteiger partial charge in [0.05, 0.1) is 10.6 Å². The molecule has 4 nitrogen and oxygen atoms in total. The number of nitrogens with one attached hydrogen (secondary N) is 1. The molecule has 0 amide bonds. The molecule has 1 N–H and O–H groups in total. The Balaban J connectivity index is 2.05. The van der Waals surface area contributed by atoms with Crippen molar-refractivity contribution in [3.63, 3.8) is 0 Å². The second-order valence-electron chi connectivity index (χ2n) is 5.55. The minimum Gasteiger partial charge on any atom is -0.421 e. The summed E-state index contributed by atoms with van der Waals surface area (Å²) in [4.78, 5) is 0. The summed E-state index contributed by atoms with van der Waals surface area (Å²) in [6, 6.07) is 5.17. The summed E-state index contributed by atoms with van der Waals surface area (Å²) in [6.45, 7) is 7.11. The van der Waals surface area contributed by atoms with Crippen molar-refractivity contribution in [3.8, 4) is 11.5 Å². The fourth-order valence-electron chi connectivity index (χ4n) is 1.67. The van der Waals surface area contributed by atoms with Crippen LogP contribution in [0.4, 0.5) is 0 Å². The quantitative estimate of drug-likeness (QED) is 0.927. The average molecular weight is 314 g/mol. The van der Waals surface area contributed by atoms with Crippen LogP contribution in [0.15, 0.2) is 22.6 Å². The van der Waals surface area contributed by atoms with Crippen molar-refractivity contribution in [3.05, 3.63) is 34.1 Å². The van der Waals surface area contributed by atoms with Gasteiger partial charge in [0, 0.05) is 23.5 Å². The van der Waals surface area contributed by atoms with Gasteiger partial charge in [-0.15, -0.1) is 10.2 Å². The fraction of sp³-hybridized carbons (Fsp3) is 0.429.